The summed E-state index contributed by atoms with van der Waals surface area (Å²) in [5.41, 5.74) is 3.68. The maximum atomic E-state index is 5.54. The zero-order valence-corrected chi connectivity index (χ0v) is 15.3. The summed E-state index contributed by atoms with van der Waals surface area (Å²) in [6.45, 7) is 6.06. The van der Waals surface area contributed by atoms with Gasteiger partial charge in [0, 0.05) is 50.1 Å². The minimum atomic E-state index is 0.323. The fourth-order valence-corrected chi connectivity index (χ4v) is 3.77. The molecule has 1 aliphatic rings. The van der Waals surface area contributed by atoms with E-state index in [4.69, 9.17) is 4.74 Å². The van der Waals surface area contributed by atoms with Crippen molar-refractivity contribution in [3.63, 3.8) is 0 Å². The van der Waals surface area contributed by atoms with E-state index in [1.54, 1.807) is 0 Å². The van der Waals surface area contributed by atoms with Crippen LogP contribution in [0.15, 0.2) is 48.9 Å². The lowest BCUT2D eigenvalue weighted by Gasteiger charge is -2.34. The second kappa shape index (κ2) is 7.98. The zero-order valence-electron chi connectivity index (χ0n) is 15.3. The fourth-order valence-electron chi connectivity index (χ4n) is 3.77. The van der Waals surface area contributed by atoms with Gasteiger partial charge in [0.05, 0.1) is 11.7 Å². The Bertz CT molecular complexity index is 826. The van der Waals surface area contributed by atoms with Gasteiger partial charge in [0.25, 0.3) is 0 Å². The minimum Gasteiger partial charge on any atom is -0.381 e. The highest BCUT2D eigenvalue weighted by Gasteiger charge is 2.22. The Morgan fingerprint density at radius 2 is 2.12 bits per heavy atom. The van der Waals surface area contributed by atoms with Crippen molar-refractivity contribution in [3.05, 3.63) is 60.0 Å². The molecule has 2 aromatic heterocycles. The third-order valence-corrected chi connectivity index (χ3v) is 5.44. The summed E-state index contributed by atoms with van der Waals surface area (Å²) in [4.78, 5) is 6.89. The number of ether oxygens (including phenoxy) is 1. The summed E-state index contributed by atoms with van der Waals surface area (Å²) in [5.74, 6) is 0.693. The summed E-state index contributed by atoms with van der Waals surface area (Å²) in [6, 6.07) is 11.1. The summed E-state index contributed by atoms with van der Waals surface area (Å²) in [7, 11) is 0. The maximum Gasteiger partial charge on any atom is 0.0653 e. The predicted molar refractivity (Wildman–Crippen MR) is 103 cm³/mol. The number of hydrogen-bond acceptors (Lipinski definition) is 4. The van der Waals surface area contributed by atoms with Crippen LogP contribution in [-0.2, 0) is 11.3 Å². The van der Waals surface area contributed by atoms with Crippen molar-refractivity contribution in [2.45, 2.75) is 32.4 Å². The number of aromatic amines is 1. The lowest BCUT2D eigenvalue weighted by Crippen LogP contribution is -2.34. The molecule has 0 radical (unpaired) electrons. The lowest BCUT2D eigenvalue weighted by molar-refractivity contribution is 0.0446. The van der Waals surface area contributed by atoms with Gasteiger partial charge in [-0.25, -0.2) is 0 Å². The number of H-pyrrole nitrogens is 1. The molecule has 1 N–H and O–H groups in total. The number of nitrogens with one attached hydrogen (secondary N) is 1. The molecule has 1 aromatic carbocycles. The van der Waals surface area contributed by atoms with Crippen LogP contribution in [0, 0.1) is 5.92 Å². The van der Waals surface area contributed by atoms with E-state index in [9.17, 15) is 0 Å². The first-order valence-electron chi connectivity index (χ1n) is 9.43. The van der Waals surface area contributed by atoms with E-state index in [0.717, 1.165) is 50.0 Å². The van der Waals surface area contributed by atoms with Crippen molar-refractivity contribution in [3.8, 4) is 0 Å². The second-order valence-corrected chi connectivity index (χ2v) is 7.24. The van der Waals surface area contributed by atoms with Gasteiger partial charge in [0.1, 0.15) is 0 Å². The van der Waals surface area contributed by atoms with Gasteiger partial charge in [0.15, 0.2) is 0 Å². The first-order valence-corrected chi connectivity index (χ1v) is 9.43. The summed E-state index contributed by atoms with van der Waals surface area (Å²) in [6.07, 6.45) is 7.99. The van der Waals surface area contributed by atoms with Crippen LogP contribution in [-0.4, -0.2) is 39.8 Å². The van der Waals surface area contributed by atoms with Gasteiger partial charge in [-0.15, -0.1) is 0 Å². The molecule has 1 atom stereocenters. The Morgan fingerprint density at radius 1 is 1.23 bits per heavy atom. The van der Waals surface area contributed by atoms with Gasteiger partial charge < -0.3 is 4.74 Å². The Hall–Kier alpha value is -2.24. The molecule has 0 bridgehead atoms. The number of pyridine rings is 1. The Kier molecular flexibility index (Phi) is 5.27. The van der Waals surface area contributed by atoms with Crippen LogP contribution >= 0.6 is 0 Å². The highest BCUT2D eigenvalue weighted by atomic mass is 16.5. The molecule has 0 spiro atoms. The second-order valence-electron chi connectivity index (χ2n) is 7.24. The summed E-state index contributed by atoms with van der Waals surface area (Å²) in [5, 5.41) is 8.37. The molecular weight excluding hydrogens is 324 g/mol. The smallest absolute Gasteiger partial charge is 0.0653 e. The van der Waals surface area contributed by atoms with Crippen LogP contribution in [0.25, 0.3) is 10.9 Å². The van der Waals surface area contributed by atoms with E-state index in [1.807, 2.05) is 24.7 Å². The molecular formula is C21H26N4O. The largest absolute Gasteiger partial charge is 0.381 e. The standard InChI is InChI=1S/C21H26N4O/c1-16(19-3-2-8-22-12-19)25(14-17-6-9-26-10-7-17)15-18-4-5-20-13-23-24-21(20)11-18/h2-5,8,11-13,16-17H,6-7,9-10,14-15H2,1H3,(H,23,24). The molecule has 1 fully saturated rings. The van der Waals surface area contributed by atoms with Crippen LogP contribution in [0.1, 0.15) is 36.9 Å². The van der Waals surface area contributed by atoms with Gasteiger partial charge in [-0.2, -0.15) is 5.10 Å². The van der Waals surface area contributed by atoms with E-state index in [-0.39, 0.29) is 0 Å². The molecule has 5 heteroatoms. The average molecular weight is 350 g/mol. The van der Waals surface area contributed by atoms with E-state index in [1.165, 1.54) is 11.1 Å². The Morgan fingerprint density at radius 3 is 2.92 bits per heavy atom. The molecule has 5 nitrogen and oxygen atoms in total. The lowest BCUT2D eigenvalue weighted by atomic mass is 9.97. The number of fused-ring (bicyclic) bond motifs is 1. The minimum absolute atomic E-state index is 0.323. The number of rotatable bonds is 6. The quantitative estimate of drug-likeness (QED) is 0.731. The molecule has 26 heavy (non-hydrogen) atoms. The third kappa shape index (κ3) is 3.94. The Labute approximate surface area is 154 Å². The van der Waals surface area contributed by atoms with Crippen molar-refractivity contribution in [1.82, 2.24) is 20.1 Å². The number of benzene rings is 1. The van der Waals surface area contributed by atoms with Crippen molar-refractivity contribution in [2.75, 3.05) is 19.8 Å². The van der Waals surface area contributed by atoms with Crippen molar-refractivity contribution < 1.29 is 4.74 Å². The maximum absolute atomic E-state index is 5.54. The molecule has 1 saturated heterocycles. The molecule has 3 heterocycles. The number of hydrogen-bond donors (Lipinski definition) is 1. The topological polar surface area (TPSA) is 54.0 Å². The van der Waals surface area contributed by atoms with E-state index >= 15 is 0 Å². The molecule has 1 aliphatic heterocycles. The first kappa shape index (κ1) is 17.2. The predicted octanol–water partition coefficient (Wildman–Crippen LogP) is 3.95. The molecule has 0 amide bonds. The monoisotopic (exact) mass is 350 g/mol. The van der Waals surface area contributed by atoms with Gasteiger partial charge in [-0.1, -0.05) is 18.2 Å². The zero-order chi connectivity index (χ0) is 17.8. The normalized spacial score (nSPS) is 17.0. The summed E-state index contributed by atoms with van der Waals surface area (Å²) >= 11 is 0. The molecule has 0 aliphatic carbocycles. The van der Waals surface area contributed by atoms with E-state index in [0.29, 0.717) is 12.0 Å². The van der Waals surface area contributed by atoms with Crippen LogP contribution in [0.2, 0.25) is 0 Å². The van der Waals surface area contributed by atoms with Gasteiger partial charge in [-0.05, 0) is 48.9 Å². The molecule has 4 rings (SSSR count). The van der Waals surface area contributed by atoms with Gasteiger partial charge in [-0.3, -0.25) is 15.0 Å². The van der Waals surface area contributed by atoms with Gasteiger partial charge >= 0.3 is 0 Å². The molecule has 136 valence electrons. The van der Waals surface area contributed by atoms with Crippen LogP contribution in [0.3, 0.4) is 0 Å². The van der Waals surface area contributed by atoms with Crippen molar-refractivity contribution in [1.29, 1.82) is 0 Å². The highest BCUT2D eigenvalue weighted by molar-refractivity contribution is 5.78. The van der Waals surface area contributed by atoms with Crippen molar-refractivity contribution in [2.24, 2.45) is 5.92 Å². The van der Waals surface area contributed by atoms with Crippen molar-refractivity contribution >= 4 is 10.9 Å². The van der Waals surface area contributed by atoms with Gasteiger partial charge in [0.2, 0.25) is 0 Å². The first-order chi connectivity index (χ1) is 12.8. The number of aromatic nitrogens is 3. The summed E-state index contributed by atoms with van der Waals surface area (Å²) < 4.78 is 5.54. The molecule has 3 aromatic rings. The van der Waals surface area contributed by atoms with Crippen LogP contribution in [0.4, 0.5) is 0 Å². The average Bonchev–Trinajstić information content (AvgIpc) is 3.16. The van der Waals surface area contributed by atoms with E-state index in [2.05, 4.69) is 51.3 Å². The molecule has 0 saturated carbocycles. The third-order valence-electron chi connectivity index (χ3n) is 5.44. The SMILES string of the molecule is CC(c1cccnc1)N(Cc1ccc2cn[nH]c2c1)CC1CCOCC1. The number of nitrogens with zero attached hydrogens (tertiary/aromatic N) is 3. The van der Waals surface area contributed by atoms with Crippen LogP contribution < -0.4 is 0 Å². The Balaban J connectivity index is 1.56. The highest BCUT2D eigenvalue weighted by Crippen LogP contribution is 2.26. The fraction of sp³-hybridized carbons (Fsp3) is 0.429. The van der Waals surface area contributed by atoms with E-state index < -0.39 is 0 Å². The molecule has 1 unspecified atom stereocenters. The van der Waals surface area contributed by atoms with Crippen LogP contribution in [0.5, 0.6) is 0 Å².